The minimum Gasteiger partial charge on any atom is -0.477 e. The van der Waals surface area contributed by atoms with E-state index in [1.807, 2.05) is 0 Å². The van der Waals surface area contributed by atoms with E-state index in [0.29, 0.717) is 0 Å². The molecule has 1 saturated heterocycles. The van der Waals surface area contributed by atoms with Crippen molar-refractivity contribution in [1.82, 2.24) is 15.1 Å². The number of hydrogen-bond donors (Lipinski definition) is 2. The van der Waals surface area contributed by atoms with Gasteiger partial charge in [-0.05, 0) is 32.0 Å². The number of carboxylic acid groups (broad SMARTS) is 1. The van der Waals surface area contributed by atoms with Crippen molar-refractivity contribution in [2.75, 3.05) is 13.1 Å². The molecule has 92 valence electrons. The van der Waals surface area contributed by atoms with E-state index in [0.717, 1.165) is 25.9 Å². The predicted molar refractivity (Wildman–Crippen MR) is 64.8 cm³/mol. The minimum absolute atomic E-state index is 0. The van der Waals surface area contributed by atoms with Crippen molar-refractivity contribution < 1.29 is 9.90 Å². The first-order valence-electron chi connectivity index (χ1n) is 4.76. The van der Waals surface area contributed by atoms with Gasteiger partial charge < -0.3 is 10.4 Å². The van der Waals surface area contributed by atoms with E-state index in [4.69, 9.17) is 5.11 Å². The molecule has 0 aliphatic carbocycles. The first-order valence-corrected chi connectivity index (χ1v) is 4.76. The third kappa shape index (κ3) is 3.10. The molecule has 1 aliphatic rings. The minimum atomic E-state index is -0.902. The maximum atomic E-state index is 10.8. The first-order chi connectivity index (χ1) is 6.79. The average Bonchev–Trinajstić information content (AvgIpc) is 2.67. The number of aromatic nitrogens is 2. The Labute approximate surface area is 106 Å². The maximum absolute atomic E-state index is 10.8. The summed E-state index contributed by atoms with van der Waals surface area (Å²) in [6, 6.07) is 1.78. The average molecular weight is 268 g/mol. The summed E-state index contributed by atoms with van der Waals surface area (Å²) >= 11 is 0. The van der Waals surface area contributed by atoms with E-state index in [-0.39, 0.29) is 36.5 Å². The number of halogens is 2. The fourth-order valence-corrected chi connectivity index (χ4v) is 1.83. The van der Waals surface area contributed by atoms with Gasteiger partial charge in [0.15, 0.2) is 0 Å². The number of carbonyl (C=O) groups is 1. The molecule has 0 unspecified atom stereocenters. The summed E-state index contributed by atoms with van der Waals surface area (Å²) in [7, 11) is 0. The summed E-state index contributed by atoms with van der Waals surface area (Å²) in [4.78, 5) is 10.8. The third-order valence-electron chi connectivity index (χ3n) is 2.54. The molecule has 5 nitrogen and oxygen atoms in total. The molecule has 2 heterocycles. The number of nitrogens with zero attached hydrogens (tertiary/aromatic N) is 2. The van der Waals surface area contributed by atoms with Crippen molar-refractivity contribution in [2.45, 2.75) is 18.9 Å². The summed E-state index contributed by atoms with van der Waals surface area (Å²) in [6.07, 6.45) is 3.44. The first kappa shape index (κ1) is 15.2. The molecule has 1 aliphatic heterocycles. The van der Waals surface area contributed by atoms with E-state index >= 15 is 0 Å². The SMILES string of the molecule is Cl.Cl.O=C(O)c1ccnn1C1CCNCC1. The van der Waals surface area contributed by atoms with E-state index < -0.39 is 5.97 Å². The van der Waals surface area contributed by atoms with E-state index in [1.54, 1.807) is 16.9 Å². The maximum Gasteiger partial charge on any atom is 0.354 e. The third-order valence-corrected chi connectivity index (χ3v) is 2.54. The van der Waals surface area contributed by atoms with Crippen molar-refractivity contribution in [1.29, 1.82) is 0 Å². The summed E-state index contributed by atoms with van der Waals surface area (Å²) in [6.45, 7) is 1.87. The quantitative estimate of drug-likeness (QED) is 0.849. The Morgan fingerprint density at radius 1 is 1.44 bits per heavy atom. The topological polar surface area (TPSA) is 67.1 Å². The number of aromatic carboxylic acids is 1. The number of rotatable bonds is 2. The Hall–Kier alpha value is -0.780. The van der Waals surface area contributed by atoms with Gasteiger partial charge in [0, 0.05) is 6.20 Å². The van der Waals surface area contributed by atoms with Crippen molar-refractivity contribution in [3.8, 4) is 0 Å². The largest absolute Gasteiger partial charge is 0.477 e. The van der Waals surface area contributed by atoms with Crippen LogP contribution in [-0.2, 0) is 0 Å². The van der Waals surface area contributed by atoms with Gasteiger partial charge in [0.05, 0.1) is 6.04 Å². The van der Waals surface area contributed by atoms with E-state index in [1.165, 1.54) is 0 Å². The van der Waals surface area contributed by atoms with Gasteiger partial charge in [0.1, 0.15) is 5.69 Å². The molecule has 0 saturated carbocycles. The van der Waals surface area contributed by atoms with Gasteiger partial charge in [-0.1, -0.05) is 0 Å². The second kappa shape index (κ2) is 6.73. The zero-order chi connectivity index (χ0) is 9.97. The lowest BCUT2D eigenvalue weighted by Gasteiger charge is -2.23. The van der Waals surface area contributed by atoms with Crippen LogP contribution in [0.3, 0.4) is 0 Å². The van der Waals surface area contributed by atoms with Crippen LogP contribution in [-0.4, -0.2) is 33.9 Å². The molecule has 2 N–H and O–H groups in total. The number of piperidine rings is 1. The van der Waals surface area contributed by atoms with Crippen molar-refractivity contribution in [2.24, 2.45) is 0 Å². The van der Waals surface area contributed by atoms with Crippen molar-refractivity contribution in [3.05, 3.63) is 18.0 Å². The van der Waals surface area contributed by atoms with Crippen LogP contribution in [0.4, 0.5) is 0 Å². The van der Waals surface area contributed by atoms with Gasteiger partial charge in [-0.25, -0.2) is 4.79 Å². The lowest BCUT2D eigenvalue weighted by molar-refractivity contribution is 0.0678. The lowest BCUT2D eigenvalue weighted by Crippen LogP contribution is -2.31. The molecule has 0 amide bonds. The summed E-state index contributed by atoms with van der Waals surface area (Å²) in [5.74, 6) is -0.902. The van der Waals surface area contributed by atoms with Gasteiger partial charge in [-0.15, -0.1) is 24.8 Å². The second-order valence-corrected chi connectivity index (χ2v) is 3.45. The molecule has 0 atom stereocenters. The summed E-state index contributed by atoms with van der Waals surface area (Å²) in [5, 5.41) is 16.2. The summed E-state index contributed by atoms with van der Waals surface area (Å²) < 4.78 is 1.63. The van der Waals surface area contributed by atoms with Crippen LogP contribution in [0.5, 0.6) is 0 Å². The van der Waals surface area contributed by atoms with E-state index in [2.05, 4.69) is 10.4 Å². The van der Waals surface area contributed by atoms with Gasteiger partial charge in [0.2, 0.25) is 0 Å². The Kier molecular flexibility index (Phi) is 6.40. The molecule has 1 aromatic rings. The van der Waals surface area contributed by atoms with Crippen molar-refractivity contribution in [3.63, 3.8) is 0 Å². The molecule has 0 spiro atoms. The number of nitrogens with one attached hydrogen (secondary N) is 1. The van der Waals surface area contributed by atoms with E-state index in [9.17, 15) is 4.79 Å². The van der Waals surface area contributed by atoms with Gasteiger partial charge in [-0.2, -0.15) is 5.10 Å². The van der Waals surface area contributed by atoms with Crippen LogP contribution in [0.1, 0.15) is 29.4 Å². The highest BCUT2D eigenvalue weighted by atomic mass is 35.5. The van der Waals surface area contributed by atoms with Crippen molar-refractivity contribution >= 4 is 30.8 Å². The number of hydrogen-bond acceptors (Lipinski definition) is 3. The standard InChI is InChI=1S/C9H13N3O2.2ClH/c13-9(14)8-3-6-11-12(8)7-1-4-10-5-2-7;;/h3,6-7,10H,1-2,4-5H2,(H,13,14);2*1H. The molecule has 7 heteroatoms. The fourth-order valence-electron chi connectivity index (χ4n) is 1.83. The Morgan fingerprint density at radius 2 is 2.06 bits per heavy atom. The highest BCUT2D eigenvalue weighted by Gasteiger charge is 2.20. The molecule has 0 bridgehead atoms. The second-order valence-electron chi connectivity index (χ2n) is 3.45. The number of carboxylic acids is 1. The zero-order valence-electron chi connectivity index (χ0n) is 8.63. The Morgan fingerprint density at radius 3 is 2.62 bits per heavy atom. The molecule has 16 heavy (non-hydrogen) atoms. The van der Waals surface area contributed by atoms with Crippen LogP contribution in [0.2, 0.25) is 0 Å². The molecule has 0 aromatic carbocycles. The van der Waals surface area contributed by atoms with Crippen LogP contribution < -0.4 is 5.32 Å². The van der Waals surface area contributed by atoms with Crippen LogP contribution in [0, 0.1) is 0 Å². The van der Waals surface area contributed by atoms with Gasteiger partial charge >= 0.3 is 5.97 Å². The molecule has 1 fully saturated rings. The monoisotopic (exact) mass is 267 g/mol. The molecular formula is C9H15Cl2N3O2. The Bertz CT molecular complexity index is 337. The lowest BCUT2D eigenvalue weighted by atomic mass is 10.1. The molecule has 1 aromatic heterocycles. The fraction of sp³-hybridized carbons (Fsp3) is 0.556. The molecule has 0 radical (unpaired) electrons. The molecule has 2 rings (SSSR count). The molecular weight excluding hydrogens is 253 g/mol. The van der Waals surface area contributed by atoms with Crippen LogP contribution in [0.25, 0.3) is 0 Å². The highest BCUT2D eigenvalue weighted by Crippen LogP contribution is 2.19. The predicted octanol–water partition coefficient (Wildman–Crippen LogP) is 1.35. The normalized spacial score (nSPS) is 16.0. The van der Waals surface area contributed by atoms with Crippen LogP contribution in [0.15, 0.2) is 12.3 Å². The zero-order valence-corrected chi connectivity index (χ0v) is 10.3. The van der Waals surface area contributed by atoms with Gasteiger partial charge in [-0.3, -0.25) is 4.68 Å². The Balaban J connectivity index is 0.00000112. The van der Waals surface area contributed by atoms with Crippen LogP contribution >= 0.6 is 24.8 Å². The smallest absolute Gasteiger partial charge is 0.354 e. The van der Waals surface area contributed by atoms with Gasteiger partial charge in [0.25, 0.3) is 0 Å². The highest BCUT2D eigenvalue weighted by molar-refractivity contribution is 5.86. The summed E-state index contributed by atoms with van der Waals surface area (Å²) in [5.41, 5.74) is 0.289.